The molecule has 2 aromatic rings. The first-order chi connectivity index (χ1) is 14.5. The van der Waals surface area contributed by atoms with Crippen LogP contribution in [0.1, 0.15) is 18.6 Å². The van der Waals surface area contributed by atoms with Crippen molar-refractivity contribution in [1.29, 1.82) is 0 Å². The Hall–Kier alpha value is -3.55. The number of furan rings is 1. The SMILES string of the molecule is O=C1[C@@H]2[C@@H](C(=O)N1/N=C\c1ccc(-c3cccc([N+](=O)[O-])c3)o1)[C@@H]1C=C[C@H]2C12CC2. The molecule has 4 atom stereocenters. The maximum atomic E-state index is 12.9. The lowest BCUT2D eigenvalue weighted by molar-refractivity contribution is -0.384. The van der Waals surface area contributed by atoms with Crippen molar-refractivity contribution in [3.63, 3.8) is 0 Å². The van der Waals surface area contributed by atoms with Crippen LogP contribution >= 0.6 is 0 Å². The van der Waals surface area contributed by atoms with Gasteiger partial charge in [-0.2, -0.15) is 10.1 Å². The Balaban J connectivity index is 1.23. The van der Waals surface area contributed by atoms with Crippen LogP contribution in [-0.2, 0) is 9.59 Å². The van der Waals surface area contributed by atoms with Crippen LogP contribution in [0.25, 0.3) is 11.3 Å². The number of nitro benzene ring substituents is 1. The molecule has 3 fully saturated rings. The summed E-state index contributed by atoms with van der Waals surface area (Å²) in [5.41, 5.74) is 0.685. The van der Waals surface area contributed by atoms with E-state index in [1.54, 1.807) is 24.3 Å². The number of nitrogens with zero attached hydrogens (tertiary/aromatic N) is 3. The molecule has 30 heavy (non-hydrogen) atoms. The van der Waals surface area contributed by atoms with Crippen molar-refractivity contribution in [3.05, 3.63) is 64.4 Å². The second-order valence-electron chi connectivity index (χ2n) is 8.46. The van der Waals surface area contributed by atoms with Crippen LogP contribution in [0, 0.1) is 39.2 Å². The minimum atomic E-state index is -0.468. The average Bonchev–Trinajstić information content (AvgIpc) is 3.03. The molecule has 1 spiro atoms. The number of rotatable bonds is 4. The predicted octanol–water partition coefficient (Wildman–Crippen LogP) is 3.39. The summed E-state index contributed by atoms with van der Waals surface area (Å²) in [6.07, 6.45) is 7.78. The number of hydrogen-bond acceptors (Lipinski definition) is 6. The second kappa shape index (κ2) is 5.75. The molecular weight excluding hydrogens is 386 g/mol. The Labute approximate surface area is 171 Å². The minimum absolute atomic E-state index is 0.0319. The molecule has 2 heterocycles. The van der Waals surface area contributed by atoms with Gasteiger partial charge in [0.15, 0.2) is 0 Å². The fraction of sp³-hybridized carbons (Fsp3) is 0.318. The molecule has 1 aliphatic heterocycles. The van der Waals surface area contributed by atoms with Gasteiger partial charge in [0.05, 0.1) is 23.0 Å². The first-order valence-corrected chi connectivity index (χ1v) is 9.94. The van der Waals surface area contributed by atoms with Crippen molar-refractivity contribution in [3.8, 4) is 11.3 Å². The van der Waals surface area contributed by atoms with E-state index in [2.05, 4.69) is 17.3 Å². The van der Waals surface area contributed by atoms with Crippen LogP contribution in [0.4, 0.5) is 5.69 Å². The molecular formula is C22H17N3O5. The predicted molar refractivity (Wildman–Crippen MR) is 105 cm³/mol. The van der Waals surface area contributed by atoms with Gasteiger partial charge < -0.3 is 4.42 Å². The number of non-ortho nitro benzene ring substituents is 1. The molecule has 0 radical (unpaired) electrons. The Morgan fingerprint density at radius 2 is 1.80 bits per heavy atom. The molecule has 0 unspecified atom stereocenters. The van der Waals surface area contributed by atoms with E-state index in [0.717, 1.165) is 17.9 Å². The molecule has 6 rings (SSSR count). The Morgan fingerprint density at radius 1 is 1.10 bits per heavy atom. The van der Waals surface area contributed by atoms with Crippen molar-refractivity contribution < 1.29 is 18.9 Å². The smallest absolute Gasteiger partial charge is 0.270 e. The van der Waals surface area contributed by atoms with Crippen LogP contribution in [0.15, 0.2) is 58.1 Å². The van der Waals surface area contributed by atoms with Gasteiger partial charge in [-0.05, 0) is 42.2 Å². The number of amides is 2. The third kappa shape index (κ3) is 2.18. The van der Waals surface area contributed by atoms with Crippen molar-refractivity contribution >= 4 is 23.7 Å². The van der Waals surface area contributed by atoms with E-state index in [1.807, 2.05) is 0 Å². The van der Waals surface area contributed by atoms with Gasteiger partial charge in [-0.15, -0.1) is 0 Å². The zero-order valence-electron chi connectivity index (χ0n) is 15.8. The zero-order valence-corrected chi connectivity index (χ0v) is 15.8. The fourth-order valence-electron chi connectivity index (χ4n) is 5.64. The van der Waals surface area contributed by atoms with Gasteiger partial charge >= 0.3 is 0 Å². The number of carbonyl (C=O) groups is 2. The standard InChI is InChI=1S/C22H17N3O5/c26-20-18-15-5-6-16(22(15)8-9-22)19(18)21(27)24(20)23-11-14-4-7-17(30-14)12-2-1-3-13(10-12)25(28)29/h1-7,10-11,15-16,18-19H,8-9H2/b23-11-/t15-,16+,18-,19-/m0/s1. The summed E-state index contributed by atoms with van der Waals surface area (Å²) in [6.45, 7) is 0. The normalized spacial score (nSPS) is 30.1. The molecule has 2 amide bonds. The van der Waals surface area contributed by atoms with Crippen LogP contribution < -0.4 is 0 Å². The van der Waals surface area contributed by atoms with Crippen LogP contribution in [0.5, 0.6) is 0 Å². The molecule has 8 heteroatoms. The molecule has 150 valence electrons. The van der Waals surface area contributed by atoms with E-state index in [9.17, 15) is 19.7 Å². The molecule has 1 aromatic heterocycles. The summed E-state index contributed by atoms with van der Waals surface area (Å²) in [5.74, 6) is 0.0856. The summed E-state index contributed by atoms with van der Waals surface area (Å²) in [5, 5.41) is 16.1. The summed E-state index contributed by atoms with van der Waals surface area (Å²) in [7, 11) is 0. The third-order valence-corrected chi connectivity index (χ3v) is 7.10. The highest BCUT2D eigenvalue weighted by molar-refractivity contribution is 6.07. The lowest BCUT2D eigenvalue weighted by Crippen LogP contribution is -2.30. The van der Waals surface area contributed by atoms with E-state index in [0.29, 0.717) is 17.1 Å². The Morgan fingerprint density at radius 3 is 2.43 bits per heavy atom. The van der Waals surface area contributed by atoms with Gasteiger partial charge in [-0.3, -0.25) is 19.7 Å². The number of hydrazone groups is 1. The van der Waals surface area contributed by atoms with E-state index in [-0.39, 0.29) is 46.6 Å². The van der Waals surface area contributed by atoms with Crippen molar-refractivity contribution in [2.24, 2.45) is 34.2 Å². The Kier molecular flexibility index (Phi) is 3.32. The number of allylic oxidation sites excluding steroid dienone is 2. The minimum Gasteiger partial charge on any atom is -0.455 e. The highest BCUT2D eigenvalue weighted by Gasteiger charge is 2.73. The molecule has 0 N–H and O–H groups in total. The van der Waals surface area contributed by atoms with Crippen LogP contribution in [0.3, 0.4) is 0 Å². The van der Waals surface area contributed by atoms with Gasteiger partial charge in [0, 0.05) is 17.7 Å². The van der Waals surface area contributed by atoms with Gasteiger partial charge in [-0.25, -0.2) is 0 Å². The van der Waals surface area contributed by atoms with E-state index >= 15 is 0 Å². The number of carbonyl (C=O) groups excluding carboxylic acids is 2. The maximum absolute atomic E-state index is 12.9. The quantitative estimate of drug-likeness (QED) is 0.256. The van der Waals surface area contributed by atoms with Crippen molar-refractivity contribution in [2.75, 3.05) is 0 Å². The van der Waals surface area contributed by atoms with Crippen LogP contribution in [-0.4, -0.2) is 28.0 Å². The summed E-state index contributed by atoms with van der Waals surface area (Å²) in [4.78, 5) is 36.3. The number of imide groups is 1. The van der Waals surface area contributed by atoms with E-state index in [1.165, 1.54) is 18.3 Å². The van der Waals surface area contributed by atoms with Gasteiger partial charge in [0.1, 0.15) is 11.5 Å². The first kappa shape index (κ1) is 17.3. The summed E-state index contributed by atoms with van der Waals surface area (Å²) >= 11 is 0. The lowest BCUT2D eigenvalue weighted by atomic mass is 9.85. The Bertz CT molecular complexity index is 1140. The maximum Gasteiger partial charge on any atom is 0.270 e. The largest absolute Gasteiger partial charge is 0.455 e. The molecule has 2 bridgehead atoms. The highest BCUT2D eigenvalue weighted by atomic mass is 16.6. The van der Waals surface area contributed by atoms with Crippen molar-refractivity contribution in [2.45, 2.75) is 12.8 Å². The number of nitro groups is 1. The van der Waals surface area contributed by atoms with Gasteiger partial charge in [-0.1, -0.05) is 24.3 Å². The molecule has 1 saturated heterocycles. The monoisotopic (exact) mass is 403 g/mol. The number of fused-ring (bicyclic) bond motifs is 3. The zero-order chi connectivity index (χ0) is 20.6. The second-order valence-corrected chi connectivity index (χ2v) is 8.46. The average molecular weight is 403 g/mol. The lowest BCUT2D eigenvalue weighted by Gasteiger charge is -2.18. The molecule has 8 nitrogen and oxygen atoms in total. The van der Waals surface area contributed by atoms with Gasteiger partial charge in [0.2, 0.25) is 0 Å². The molecule has 2 saturated carbocycles. The van der Waals surface area contributed by atoms with Crippen LogP contribution in [0.2, 0.25) is 0 Å². The van der Waals surface area contributed by atoms with E-state index in [4.69, 9.17) is 4.42 Å². The first-order valence-electron chi connectivity index (χ1n) is 9.94. The van der Waals surface area contributed by atoms with E-state index < -0.39 is 4.92 Å². The third-order valence-electron chi connectivity index (χ3n) is 7.10. The summed E-state index contributed by atoms with van der Waals surface area (Å²) in [6, 6.07) is 9.43. The highest BCUT2D eigenvalue weighted by Crippen LogP contribution is 2.73. The summed E-state index contributed by atoms with van der Waals surface area (Å²) < 4.78 is 5.69. The van der Waals surface area contributed by atoms with Gasteiger partial charge in [0.25, 0.3) is 17.5 Å². The van der Waals surface area contributed by atoms with Crippen molar-refractivity contribution in [1.82, 2.24) is 5.01 Å². The number of benzene rings is 1. The molecule has 3 aliphatic carbocycles. The fourth-order valence-corrected chi connectivity index (χ4v) is 5.64. The topological polar surface area (TPSA) is 106 Å². The molecule has 4 aliphatic rings. The number of hydrogen-bond donors (Lipinski definition) is 0. The molecule has 1 aromatic carbocycles.